The number of nitrogens with zero attached hydrogens (tertiary/aromatic N) is 2. The molecule has 5 heterocycles. The van der Waals surface area contributed by atoms with Crippen LogP contribution in [-0.2, 0) is 0 Å². The standard InChI is InChI=1S/C34H24N2O2S2/c1-37-33-29-19-23-13-15-25(35-23)31(21-9-5-3-6-10-21)27-17-18-28(39-27)32(22-11-7-4-8-12-22)26-16-14-24(36-26)20-30(40-29)34(33)38-2/h3-20H,1-2H3. The number of ether oxygens (including phenoxy) is 2. The summed E-state index contributed by atoms with van der Waals surface area (Å²) in [5, 5.41) is 0. The zero-order valence-corrected chi connectivity index (χ0v) is 23.6. The first kappa shape index (κ1) is 24.5. The lowest BCUT2D eigenvalue weighted by atomic mass is 10.0. The van der Waals surface area contributed by atoms with E-state index in [1.165, 1.54) is 0 Å². The summed E-state index contributed by atoms with van der Waals surface area (Å²) in [6, 6.07) is 29.5. The van der Waals surface area contributed by atoms with Crippen molar-refractivity contribution in [2.24, 2.45) is 0 Å². The van der Waals surface area contributed by atoms with Crippen molar-refractivity contribution in [3.8, 4) is 33.8 Å². The van der Waals surface area contributed by atoms with E-state index in [1.54, 1.807) is 36.9 Å². The zero-order valence-electron chi connectivity index (χ0n) is 21.9. The molecule has 194 valence electrons. The average Bonchev–Trinajstić information content (AvgIpc) is 3.79. The van der Waals surface area contributed by atoms with Crippen molar-refractivity contribution >= 4 is 65.8 Å². The van der Waals surface area contributed by atoms with E-state index in [-0.39, 0.29) is 0 Å². The van der Waals surface area contributed by atoms with Gasteiger partial charge in [0, 0.05) is 20.5 Å². The zero-order chi connectivity index (χ0) is 27.1. The third-order valence-corrected chi connectivity index (χ3v) is 9.07. The Kier molecular flexibility index (Phi) is 6.27. The van der Waals surface area contributed by atoms with Gasteiger partial charge in [0.2, 0.25) is 0 Å². The molecular formula is C34H24N2O2S2. The van der Waals surface area contributed by atoms with E-state index >= 15 is 0 Å². The highest BCUT2D eigenvalue weighted by Crippen LogP contribution is 2.44. The number of fused-ring (bicyclic) bond motifs is 8. The Morgan fingerprint density at radius 2 is 0.925 bits per heavy atom. The molecule has 5 aromatic rings. The van der Waals surface area contributed by atoms with E-state index in [2.05, 4.69) is 97.1 Å². The van der Waals surface area contributed by atoms with Crippen molar-refractivity contribution in [2.45, 2.75) is 0 Å². The summed E-state index contributed by atoms with van der Waals surface area (Å²) >= 11 is 3.37. The van der Waals surface area contributed by atoms with Crippen LogP contribution in [0.1, 0.15) is 22.8 Å². The van der Waals surface area contributed by atoms with Gasteiger partial charge in [-0.3, -0.25) is 0 Å². The topological polar surface area (TPSA) is 44.2 Å². The molecule has 0 aliphatic carbocycles. The van der Waals surface area contributed by atoms with E-state index < -0.39 is 0 Å². The number of methoxy groups -OCH3 is 2. The van der Waals surface area contributed by atoms with E-state index in [4.69, 9.17) is 19.4 Å². The summed E-state index contributed by atoms with van der Waals surface area (Å²) in [6.07, 6.45) is 8.32. The van der Waals surface area contributed by atoms with Crippen LogP contribution in [-0.4, -0.2) is 24.2 Å². The van der Waals surface area contributed by atoms with Gasteiger partial charge in [-0.1, -0.05) is 60.7 Å². The van der Waals surface area contributed by atoms with Gasteiger partial charge in [-0.2, -0.15) is 0 Å². The summed E-state index contributed by atoms with van der Waals surface area (Å²) in [6.45, 7) is 0. The van der Waals surface area contributed by atoms with E-state index in [0.717, 1.165) is 63.8 Å². The van der Waals surface area contributed by atoms with Crippen molar-refractivity contribution < 1.29 is 9.47 Å². The third-order valence-electron chi connectivity index (χ3n) is 6.90. The van der Waals surface area contributed by atoms with Crippen LogP contribution in [0.4, 0.5) is 0 Å². The second kappa shape index (κ2) is 10.2. The smallest absolute Gasteiger partial charge is 0.179 e. The molecule has 0 amide bonds. The molecule has 0 atom stereocenters. The highest BCUT2D eigenvalue weighted by molar-refractivity contribution is 7.24. The van der Waals surface area contributed by atoms with Crippen molar-refractivity contribution in [2.75, 3.05) is 14.2 Å². The van der Waals surface area contributed by atoms with E-state index in [0.29, 0.717) is 11.5 Å². The molecule has 0 saturated carbocycles. The number of hydrogen-bond donors (Lipinski definition) is 0. The summed E-state index contributed by atoms with van der Waals surface area (Å²) in [4.78, 5) is 10.2. The maximum absolute atomic E-state index is 5.81. The fraction of sp³-hybridized carbons (Fsp3) is 0.0588. The van der Waals surface area contributed by atoms with Crippen molar-refractivity contribution in [1.82, 2.24) is 9.97 Å². The maximum Gasteiger partial charge on any atom is 0.179 e. The molecule has 6 heteroatoms. The van der Waals surface area contributed by atoms with Crippen molar-refractivity contribution in [1.29, 1.82) is 0 Å². The molecule has 0 N–H and O–H groups in total. The minimum absolute atomic E-state index is 0.700. The minimum atomic E-state index is 0.700. The second-order valence-corrected chi connectivity index (χ2v) is 11.5. The first-order chi connectivity index (χ1) is 19.7. The highest BCUT2D eigenvalue weighted by atomic mass is 32.1. The van der Waals surface area contributed by atoms with Gasteiger partial charge < -0.3 is 9.47 Å². The van der Waals surface area contributed by atoms with E-state index in [1.807, 2.05) is 12.1 Å². The van der Waals surface area contributed by atoms with Gasteiger partial charge in [0.1, 0.15) is 0 Å². The molecule has 40 heavy (non-hydrogen) atoms. The molecule has 8 bridgehead atoms. The Hall–Kier alpha value is -4.52. The van der Waals surface area contributed by atoms with Crippen LogP contribution in [0.25, 0.3) is 65.4 Å². The first-order valence-corrected chi connectivity index (χ1v) is 14.5. The molecule has 2 aromatic carbocycles. The SMILES string of the molecule is COc1c(OC)c2cc3nc(c(-c4ccccc4)c4ccc(s4)c(-c4ccccc4)c4nc(cc1s2)C=C4)C=C3. The van der Waals surface area contributed by atoms with Crippen LogP contribution in [0, 0.1) is 0 Å². The van der Waals surface area contributed by atoms with Crippen LogP contribution in [0.3, 0.4) is 0 Å². The van der Waals surface area contributed by atoms with Crippen LogP contribution in [0.2, 0.25) is 0 Å². The predicted molar refractivity (Wildman–Crippen MR) is 170 cm³/mol. The number of thiophene rings is 2. The molecule has 3 aromatic heterocycles. The molecule has 4 nitrogen and oxygen atoms in total. The average molecular weight is 557 g/mol. The Bertz CT molecular complexity index is 1830. The van der Waals surface area contributed by atoms with Gasteiger partial charge in [-0.05, 0) is 59.7 Å². The minimum Gasteiger partial charge on any atom is -0.491 e. The number of rotatable bonds is 4. The van der Waals surface area contributed by atoms with Crippen molar-refractivity contribution in [3.05, 3.63) is 108 Å². The van der Waals surface area contributed by atoms with Crippen LogP contribution in [0.5, 0.6) is 11.5 Å². The Labute approximate surface area is 240 Å². The molecule has 0 fully saturated rings. The fourth-order valence-electron chi connectivity index (χ4n) is 5.12. The van der Waals surface area contributed by atoms with Crippen LogP contribution < -0.4 is 9.47 Å². The molecule has 0 radical (unpaired) electrons. The quantitative estimate of drug-likeness (QED) is 0.217. The van der Waals surface area contributed by atoms with Gasteiger partial charge >= 0.3 is 0 Å². The Balaban J connectivity index is 1.66. The summed E-state index contributed by atoms with van der Waals surface area (Å²) in [7, 11) is 3.35. The summed E-state index contributed by atoms with van der Waals surface area (Å²) < 4.78 is 15.8. The summed E-state index contributed by atoms with van der Waals surface area (Å²) in [5.74, 6) is 1.40. The monoisotopic (exact) mass is 556 g/mol. The lowest BCUT2D eigenvalue weighted by Gasteiger charge is -2.04. The van der Waals surface area contributed by atoms with Gasteiger partial charge in [0.05, 0.1) is 46.4 Å². The first-order valence-electron chi connectivity index (χ1n) is 12.9. The fourth-order valence-corrected chi connectivity index (χ4v) is 7.42. The number of hydrogen-bond acceptors (Lipinski definition) is 6. The van der Waals surface area contributed by atoms with Gasteiger partial charge in [-0.25, -0.2) is 9.97 Å². The van der Waals surface area contributed by atoms with E-state index in [9.17, 15) is 0 Å². The van der Waals surface area contributed by atoms with Gasteiger partial charge in [0.15, 0.2) is 11.5 Å². The van der Waals surface area contributed by atoms with Gasteiger partial charge in [0.25, 0.3) is 0 Å². The second-order valence-electron chi connectivity index (χ2n) is 9.34. The molecule has 0 saturated heterocycles. The molecule has 2 aliphatic heterocycles. The van der Waals surface area contributed by atoms with Crippen LogP contribution >= 0.6 is 22.7 Å². The molecule has 0 spiro atoms. The molecule has 0 unspecified atom stereocenters. The highest BCUT2D eigenvalue weighted by Gasteiger charge is 2.17. The molecule has 2 aliphatic rings. The lowest BCUT2D eigenvalue weighted by Crippen LogP contribution is -1.87. The maximum atomic E-state index is 5.81. The molecular weight excluding hydrogens is 533 g/mol. The van der Waals surface area contributed by atoms with Crippen molar-refractivity contribution in [3.63, 3.8) is 0 Å². The Morgan fingerprint density at radius 1 is 0.500 bits per heavy atom. The van der Waals surface area contributed by atoms with Gasteiger partial charge in [-0.15, -0.1) is 22.7 Å². The summed E-state index contributed by atoms with van der Waals surface area (Å²) in [5.41, 5.74) is 8.07. The predicted octanol–water partition coefficient (Wildman–Crippen LogP) is 9.47. The third kappa shape index (κ3) is 4.31. The Morgan fingerprint density at radius 3 is 1.35 bits per heavy atom. The lowest BCUT2D eigenvalue weighted by molar-refractivity contribution is 0.363. The molecule has 7 rings (SSSR count). The van der Waals surface area contributed by atoms with Crippen LogP contribution in [0.15, 0.2) is 84.9 Å². The number of aromatic nitrogens is 2. The largest absolute Gasteiger partial charge is 0.491 e. The normalized spacial score (nSPS) is 12.1. The number of benzene rings is 2.